The minimum Gasteiger partial charge on any atom is -0.508 e. The van der Waals surface area contributed by atoms with E-state index in [0.29, 0.717) is 0 Å². The summed E-state index contributed by atoms with van der Waals surface area (Å²) >= 11 is 0. The molecule has 0 spiro atoms. The average Bonchev–Trinajstić information content (AvgIpc) is 1.99. The molecule has 0 saturated heterocycles. The van der Waals surface area contributed by atoms with Crippen LogP contribution in [0.25, 0.3) is 0 Å². The van der Waals surface area contributed by atoms with E-state index in [0.717, 1.165) is 5.70 Å². The summed E-state index contributed by atoms with van der Waals surface area (Å²) in [5.74, 6) is 0.257. The summed E-state index contributed by atoms with van der Waals surface area (Å²) in [7, 11) is 3.80. The second-order valence-corrected chi connectivity index (χ2v) is 2.43. The van der Waals surface area contributed by atoms with E-state index in [9.17, 15) is 0 Å². The molecule has 0 atom stereocenters. The van der Waals surface area contributed by atoms with E-state index in [2.05, 4.69) is 6.58 Å². The molecule has 0 aliphatic heterocycles. The molecule has 0 heterocycles. The van der Waals surface area contributed by atoms with Crippen LogP contribution in [0.4, 0.5) is 0 Å². The van der Waals surface area contributed by atoms with E-state index < -0.39 is 0 Å². The van der Waals surface area contributed by atoms with Crippen molar-refractivity contribution < 1.29 is 5.11 Å². The molecule has 2 nitrogen and oxygen atoms in total. The van der Waals surface area contributed by atoms with E-state index >= 15 is 0 Å². The highest BCUT2D eigenvalue weighted by molar-refractivity contribution is 5.20. The maximum atomic E-state index is 9.00. The minimum atomic E-state index is 0.257. The van der Waals surface area contributed by atoms with Crippen molar-refractivity contribution in [2.45, 2.75) is 6.92 Å². The molecule has 0 fully saturated rings. The Hall–Kier alpha value is -1.18. The Balaban J connectivity index is 4.04. The largest absolute Gasteiger partial charge is 0.508 e. The second kappa shape index (κ2) is 4.61. The topological polar surface area (TPSA) is 23.5 Å². The summed E-state index contributed by atoms with van der Waals surface area (Å²) in [5, 5.41) is 9.00. The van der Waals surface area contributed by atoms with E-state index in [1.54, 1.807) is 25.2 Å². The number of nitrogens with zero attached hydrogens (tertiary/aromatic N) is 1. The number of aliphatic hydroxyl groups is 1. The van der Waals surface area contributed by atoms with Gasteiger partial charge in [0, 0.05) is 19.8 Å². The molecule has 0 radical (unpaired) electrons. The Morgan fingerprint density at radius 1 is 1.36 bits per heavy atom. The van der Waals surface area contributed by atoms with Crippen molar-refractivity contribution in [2.24, 2.45) is 0 Å². The lowest BCUT2D eigenvalue weighted by atomic mass is 10.3. The normalized spacial score (nSPS) is 12.1. The number of aliphatic hydroxyl groups excluding tert-OH is 1. The van der Waals surface area contributed by atoms with Gasteiger partial charge in [-0.25, -0.2) is 0 Å². The van der Waals surface area contributed by atoms with Crippen molar-refractivity contribution in [3.8, 4) is 0 Å². The van der Waals surface area contributed by atoms with Gasteiger partial charge in [0.15, 0.2) is 0 Å². The first-order valence-electron chi connectivity index (χ1n) is 3.47. The molecule has 0 bridgehead atoms. The summed E-state index contributed by atoms with van der Waals surface area (Å²) < 4.78 is 0. The van der Waals surface area contributed by atoms with Gasteiger partial charge in [0.1, 0.15) is 5.76 Å². The molecule has 0 aromatic carbocycles. The third-order valence-electron chi connectivity index (χ3n) is 1.32. The highest BCUT2D eigenvalue weighted by Crippen LogP contribution is 1.98. The summed E-state index contributed by atoms with van der Waals surface area (Å²) in [6, 6.07) is 0. The average molecular weight is 153 g/mol. The van der Waals surface area contributed by atoms with Gasteiger partial charge in [-0.2, -0.15) is 0 Å². The standard InChI is InChI=1S/C9H15NO/c1-5-9(11)7-6-8(2)10(3)4/h5-7,11H,2H2,1,3-4H3/b7-6-,9-5+. The summed E-state index contributed by atoms with van der Waals surface area (Å²) in [6.07, 6.45) is 5.00. The Morgan fingerprint density at radius 2 is 1.91 bits per heavy atom. The van der Waals surface area contributed by atoms with Crippen LogP contribution in [0.3, 0.4) is 0 Å². The lowest BCUT2D eigenvalue weighted by molar-refractivity contribution is 0.430. The lowest BCUT2D eigenvalue weighted by Crippen LogP contribution is -2.07. The molecule has 62 valence electrons. The molecule has 11 heavy (non-hydrogen) atoms. The van der Waals surface area contributed by atoms with Crippen molar-refractivity contribution in [3.05, 3.63) is 36.3 Å². The molecular formula is C9H15NO. The minimum absolute atomic E-state index is 0.257. The van der Waals surface area contributed by atoms with Crippen LogP contribution in [0.2, 0.25) is 0 Å². The van der Waals surface area contributed by atoms with Crippen LogP contribution < -0.4 is 0 Å². The SMILES string of the molecule is C=C(/C=C\C(O)=C/C)N(C)C. The zero-order chi connectivity index (χ0) is 8.85. The van der Waals surface area contributed by atoms with Gasteiger partial charge in [0.25, 0.3) is 0 Å². The molecule has 2 heteroatoms. The van der Waals surface area contributed by atoms with Gasteiger partial charge < -0.3 is 10.0 Å². The first-order chi connectivity index (χ1) is 5.07. The monoisotopic (exact) mass is 153 g/mol. The highest BCUT2D eigenvalue weighted by Gasteiger charge is 1.88. The zero-order valence-corrected chi connectivity index (χ0v) is 7.33. The fraction of sp³-hybridized carbons (Fsp3) is 0.333. The van der Waals surface area contributed by atoms with Crippen LogP contribution >= 0.6 is 0 Å². The fourth-order valence-corrected chi connectivity index (χ4v) is 0.427. The Kier molecular flexibility index (Phi) is 4.11. The van der Waals surface area contributed by atoms with E-state index in [4.69, 9.17) is 5.11 Å². The van der Waals surface area contributed by atoms with Gasteiger partial charge in [-0.1, -0.05) is 6.58 Å². The number of likely N-dealkylation sites (N-methyl/N-ethyl adjacent to an activating group) is 1. The molecule has 0 amide bonds. The number of rotatable bonds is 3. The third-order valence-corrected chi connectivity index (χ3v) is 1.32. The van der Waals surface area contributed by atoms with Gasteiger partial charge in [0.2, 0.25) is 0 Å². The van der Waals surface area contributed by atoms with Crippen LogP contribution in [0, 0.1) is 0 Å². The smallest absolute Gasteiger partial charge is 0.111 e. The fourth-order valence-electron chi connectivity index (χ4n) is 0.427. The predicted molar refractivity (Wildman–Crippen MR) is 48.4 cm³/mol. The first kappa shape index (κ1) is 9.82. The van der Waals surface area contributed by atoms with Gasteiger partial charge in [-0.3, -0.25) is 0 Å². The number of hydrogen-bond donors (Lipinski definition) is 1. The zero-order valence-electron chi connectivity index (χ0n) is 7.33. The molecule has 1 N–H and O–H groups in total. The molecule has 0 unspecified atom stereocenters. The van der Waals surface area contributed by atoms with E-state index in [1.165, 1.54) is 0 Å². The maximum Gasteiger partial charge on any atom is 0.111 e. The molecule has 0 aromatic rings. The lowest BCUT2D eigenvalue weighted by Gasteiger charge is -2.10. The quantitative estimate of drug-likeness (QED) is 0.495. The maximum absolute atomic E-state index is 9.00. The highest BCUT2D eigenvalue weighted by atomic mass is 16.3. The summed E-state index contributed by atoms with van der Waals surface area (Å²) in [4.78, 5) is 1.87. The van der Waals surface area contributed by atoms with Gasteiger partial charge in [-0.15, -0.1) is 0 Å². The molecule has 0 aromatic heterocycles. The second-order valence-electron chi connectivity index (χ2n) is 2.43. The predicted octanol–water partition coefficient (Wildman–Crippen LogP) is 2.08. The Bertz CT molecular complexity index is 190. The summed E-state index contributed by atoms with van der Waals surface area (Å²) in [6.45, 7) is 5.54. The molecule has 0 aliphatic rings. The molecular weight excluding hydrogens is 138 g/mol. The number of allylic oxidation sites excluding steroid dienone is 3. The van der Waals surface area contributed by atoms with Crippen molar-refractivity contribution in [2.75, 3.05) is 14.1 Å². The number of hydrogen-bond acceptors (Lipinski definition) is 2. The van der Waals surface area contributed by atoms with E-state index in [-0.39, 0.29) is 5.76 Å². The van der Waals surface area contributed by atoms with Crippen molar-refractivity contribution >= 4 is 0 Å². The van der Waals surface area contributed by atoms with Crippen LogP contribution in [0.15, 0.2) is 36.3 Å². The van der Waals surface area contributed by atoms with E-state index in [1.807, 2.05) is 19.0 Å². The van der Waals surface area contributed by atoms with Crippen LogP contribution in [0.5, 0.6) is 0 Å². The summed E-state index contributed by atoms with van der Waals surface area (Å²) in [5.41, 5.74) is 0.860. The van der Waals surface area contributed by atoms with Crippen LogP contribution in [-0.4, -0.2) is 24.1 Å². The Labute approximate surface area is 68.1 Å². The van der Waals surface area contributed by atoms with Crippen LogP contribution in [-0.2, 0) is 0 Å². The molecule has 0 saturated carbocycles. The van der Waals surface area contributed by atoms with Crippen molar-refractivity contribution in [1.29, 1.82) is 0 Å². The molecule has 0 rings (SSSR count). The Morgan fingerprint density at radius 3 is 2.27 bits per heavy atom. The van der Waals surface area contributed by atoms with Crippen LogP contribution in [0.1, 0.15) is 6.92 Å². The van der Waals surface area contributed by atoms with Crippen molar-refractivity contribution in [1.82, 2.24) is 4.90 Å². The van der Waals surface area contributed by atoms with Crippen molar-refractivity contribution in [3.63, 3.8) is 0 Å². The third kappa shape index (κ3) is 4.25. The van der Waals surface area contributed by atoms with Gasteiger partial charge in [0.05, 0.1) is 0 Å². The van der Waals surface area contributed by atoms with Gasteiger partial charge in [-0.05, 0) is 25.2 Å². The van der Waals surface area contributed by atoms with Gasteiger partial charge >= 0.3 is 0 Å². The first-order valence-corrected chi connectivity index (χ1v) is 3.47. The molecule has 0 aliphatic carbocycles.